The maximum Gasteiger partial charge on any atom is 0.163 e. The van der Waals surface area contributed by atoms with Crippen LogP contribution in [0.2, 0.25) is 0 Å². The lowest BCUT2D eigenvalue weighted by Gasteiger charge is -2.31. The molecule has 0 saturated carbocycles. The number of hydrogen-bond donors (Lipinski definition) is 0. The highest BCUT2D eigenvalue weighted by Crippen LogP contribution is 2.41. The molecule has 0 N–H and O–H groups in total. The average Bonchev–Trinajstić information content (AvgIpc) is 2.49. The van der Waals surface area contributed by atoms with Gasteiger partial charge in [-0.3, -0.25) is 4.79 Å². The molecule has 1 aliphatic rings. The van der Waals surface area contributed by atoms with Crippen LogP contribution >= 0.6 is 0 Å². The quantitative estimate of drug-likeness (QED) is 0.666. The van der Waals surface area contributed by atoms with Gasteiger partial charge in [0.05, 0.1) is 0 Å². The summed E-state index contributed by atoms with van der Waals surface area (Å²) in [4.78, 5) is 12.2. The third-order valence-electron chi connectivity index (χ3n) is 4.55. The van der Waals surface area contributed by atoms with Gasteiger partial charge in [0.25, 0.3) is 0 Å². The zero-order valence-corrected chi connectivity index (χ0v) is 14.0. The van der Waals surface area contributed by atoms with Gasteiger partial charge in [-0.05, 0) is 53.0 Å². The molecule has 0 radical (unpaired) electrons. The third-order valence-corrected chi connectivity index (χ3v) is 4.55. The van der Waals surface area contributed by atoms with Crippen LogP contribution in [0.1, 0.15) is 61.9 Å². The Morgan fingerprint density at radius 1 is 1.04 bits per heavy atom. The largest absolute Gasteiger partial charge is 0.294 e. The Morgan fingerprint density at radius 3 is 2.35 bits per heavy atom. The molecule has 2 aromatic carbocycles. The molecule has 0 heterocycles. The van der Waals surface area contributed by atoms with Crippen LogP contribution in [0.3, 0.4) is 0 Å². The van der Waals surface area contributed by atoms with Gasteiger partial charge in [0.2, 0.25) is 0 Å². The van der Waals surface area contributed by atoms with Crippen LogP contribution < -0.4 is 0 Å². The molecule has 0 amide bonds. The first kappa shape index (κ1) is 15.9. The van der Waals surface area contributed by atoms with Gasteiger partial charge < -0.3 is 0 Å². The molecular weight excluding hydrogens is 287 g/mol. The van der Waals surface area contributed by atoms with Crippen molar-refractivity contribution in [2.24, 2.45) is 5.41 Å². The standard InChI is InChI=1S/C21H23FO/c1-21(2,3)13-16-7-11-20(23)18-10-6-15(12-19(16)18)14-4-8-17(22)9-5-14/h4-6,8-10,12,16H,7,11,13H2,1-3H3. The van der Waals surface area contributed by atoms with Gasteiger partial charge in [-0.25, -0.2) is 4.39 Å². The van der Waals surface area contributed by atoms with E-state index < -0.39 is 0 Å². The van der Waals surface area contributed by atoms with Crippen molar-refractivity contribution in [1.82, 2.24) is 0 Å². The topological polar surface area (TPSA) is 17.1 Å². The van der Waals surface area contributed by atoms with Crippen molar-refractivity contribution in [2.75, 3.05) is 0 Å². The second kappa shape index (κ2) is 5.92. The molecule has 23 heavy (non-hydrogen) atoms. The van der Waals surface area contributed by atoms with Crippen LogP contribution in [-0.4, -0.2) is 5.78 Å². The predicted molar refractivity (Wildman–Crippen MR) is 92.2 cm³/mol. The Hall–Kier alpha value is -1.96. The molecular formula is C21H23FO. The first-order valence-corrected chi connectivity index (χ1v) is 8.26. The molecule has 120 valence electrons. The lowest BCUT2D eigenvalue weighted by molar-refractivity contribution is 0.0962. The Labute approximate surface area is 137 Å². The van der Waals surface area contributed by atoms with Crippen LogP contribution in [-0.2, 0) is 0 Å². The fourth-order valence-electron chi connectivity index (χ4n) is 3.52. The molecule has 1 unspecified atom stereocenters. The smallest absolute Gasteiger partial charge is 0.163 e. The lowest BCUT2D eigenvalue weighted by atomic mass is 9.73. The summed E-state index contributed by atoms with van der Waals surface area (Å²) < 4.78 is 13.1. The van der Waals surface area contributed by atoms with E-state index in [9.17, 15) is 9.18 Å². The highest BCUT2D eigenvalue weighted by Gasteiger charge is 2.29. The molecule has 1 atom stereocenters. The van der Waals surface area contributed by atoms with Crippen molar-refractivity contribution in [3.8, 4) is 11.1 Å². The Morgan fingerprint density at radius 2 is 1.70 bits per heavy atom. The second-order valence-electron chi connectivity index (χ2n) is 7.73. The Kier molecular flexibility index (Phi) is 4.09. The van der Waals surface area contributed by atoms with Crippen LogP contribution in [0.5, 0.6) is 0 Å². The SMILES string of the molecule is CC(C)(C)CC1CCC(=O)c2ccc(-c3ccc(F)cc3)cc21. The normalized spacial score (nSPS) is 17.9. The number of carbonyl (C=O) groups is 1. The zero-order chi connectivity index (χ0) is 16.6. The van der Waals surface area contributed by atoms with Crippen molar-refractivity contribution in [3.05, 3.63) is 59.4 Å². The average molecular weight is 310 g/mol. The van der Waals surface area contributed by atoms with Crippen LogP contribution in [0.25, 0.3) is 11.1 Å². The minimum atomic E-state index is -0.229. The van der Waals surface area contributed by atoms with E-state index in [-0.39, 0.29) is 17.0 Å². The van der Waals surface area contributed by atoms with Crippen LogP contribution in [0, 0.1) is 11.2 Å². The van der Waals surface area contributed by atoms with Crippen molar-refractivity contribution in [1.29, 1.82) is 0 Å². The number of hydrogen-bond acceptors (Lipinski definition) is 1. The summed E-state index contributed by atoms with van der Waals surface area (Å²) in [6, 6.07) is 12.6. The Bertz CT molecular complexity index is 722. The number of benzene rings is 2. The summed E-state index contributed by atoms with van der Waals surface area (Å²) in [5.74, 6) is 0.436. The van der Waals surface area contributed by atoms with Gasteiger partial charge in [-0.1, -0.05) is 51.1 Å². The van der Waals surface area contributed by atoms with E-state index in [0.717, 1.165) is 35.1 Å². The Balaban J connectivity index is 2.02. The fourth-order valence-corrected chi connectivity index (χ4v) is 3.52. The number of rotatable bonds is 2. The first-order valence-electron chi connectivity index (χ1n) is 8.26. The van der Waals surface area contributed by atoms with Crippen LogP contribution in [0.4, 0.5) is 4.39 Å². The van der Waals surface area contributed by atoms with Gasteiger partial charge >= 0.3 is 0 Å². The molecule has 0 spiro atoms. The maximum absolute atomic E-state index is 13.1. The second-order valence-corrected chi connectivity index (χ2v) is 7.73. The summed E-state index contributed by atoms with van der Waals surface area (Å²) in [6.07, 6.45) is 2.64. The van der Waals surface area contributed by atoms with Gasteiger partial charge in [0.15, 0.2) is 5.78 Å². The minimum Gasteiger partial charge on any atom is -0.294 e. The van der Waals surface area contributed by atoms with Gasteiger partial charge in [-0.15, -0.1) is 0 Å². The van der Waals surface area contributed by atoms with E-state index >= 15 is 0 Å². The van der Waals surface area contributed by atoms with Crippen molar-refractivity contribution < 1.29 is 9.18 Å². The van der Waals surface area contributed by atoms with E-state index in [1.807, 2.05) is 12.1 Å². The van der Waals surface area contributed by atoms with Gasteiger partial charge in [0.1, 0.15) is 5.82 Å². The van der Waals surface area contributed by atoms with Gasteiger partial charge in [-0.2, -0.15) is 0 Å². The van der Waals surface area contributed by atoms with Gasteiger partial charge in [0, 0.05) is 12.0 Å². The summed E-state index contributed by atoms with van der Waals surface area (Å²) in [5.41, 5.74) is 4.31. The minimum absolute atomic E-state index is 0.229. The number of carbonyl (C=O) groups excluding carboxylic acids is 1. The predicted octanol–water partition coefficient (Wildman–Crippen LogP) is 5.99. The van der Waals surface area contributed by atoms with Crippen molar-refractivity contribution >= 4 is 5.78 Å². The van der Waals surface area contributed by atoms with E-state index in [1.54, 1.807) is 12.1 Å². The number of ketones is 1. The molecule has 0 saturated heterocycles. The molecule has 1 aliphatic carbocycles. The van der Waals surface area contributed by atoms with E-state index in [0.29, 0.717) is 12.3 Å². The van der Waals surface area contributed by atoms with Crippen LogP contribution in [0.15, 0.2) is 42.5 Å². The zero-order valence-electron chi connectivity index (χ0n) is 14.0. The summed E-state index contributed by atoms with van der Waals surface area (Å²) in [7, 11) is 0. The number of halogens is 1. The maximum atomic E-state index is 13.1. The molecule has 2 heteroatoms. The summed E-state index contributed by atoms with van der Waals surface area (Å²) in [5, 5.41) is 0. The molecule has 3 rings (SSSR count). The highest BCUT2D eigenvalue weighted by atomic mass is 19.1. The van der Waals surface area contributed by atoms with Crippen molar-refractivity contribution in [3.63, 3.8) is 0 Å². The molecule has 2 aromatic rings. The lowest BCUT2D eigenvalue weighted by Crippen LogP contribution is -2.20. The highest BCUT2D eigenvalue weighted by molar-refractivity contribution is 5.99. The van der Waals surface area contributed by atoms with Crippen molar-refractivity contribution in [2.45, 2.75) is 46.0 Å². The van der Waals surface area contributed by atoms with E-state index in [4.69, 9.17) is 0 Å². The molecule has 0 bridgehead atoms. The monoisotopic (exact) mass is 310 g/mol. The van der Waals surface area contributed by atoms with E-state index in [1.165, 1.54) is 12.1 Å². The third kappa shape index (κ3) is 3.52. The number of Topliss-reactive ketones (excluding diaryl/α,β-unsaturated/α-hetero) is 1. The van der Waals surface area contributed by atoms with E-state index in [2.05, 4.69) is 26.8 Å². The molecule has 0 aromatic heterocycles. The summed E-state index contributed by atoms with van der Waals surface area (Å²) in [6.45, 7) is 6.73. The molecule has 0 aliphatic heterocycles. The molecule has 1 nitrogen and oxygen atoms in total. The first-order chi connectivity index (χ1) is 10.8. The number of fused-ring (bicyclic) bond motifs is 1. The fraction of sp³-hybridized carbons (Fsp3) is 0.381. The molecule has 0 fully saturated rings. The summed E-state index contributed by atoms with van der Waals surface area (Å²) >= 11 is 0.